The molecule has 1 fully saturated rings. The van der Waals surface area contributed by atoms with E-state index in [4.69, 9.17) is 10.5 Å². The first-order chi connectivity index (χ1) is 11.3. The van der Waals surface area contributed by atoms with Crippen LogP contribution in [-0.4, -0.2) is 29.3 Å². The van der Waals surface area contributed by atoms with Crippen LogP contribution in [0, 0.1) is 5.92 Å². The molecule has 4 nitrogen and oxygen atoms in total. The molecule has 0 spiro atoms. The number of nitrogens with zero attached hydrogens (tertiary/aromatic N) is 1. The Morgan fingerprint density at radius 2 is 2.12 bits per heavy atom. The highest BCUT2D eigenvalue weighted by Crippen LogP contribution is 2.28. The third-order valence-electron chi connectivity index (χ3n) is 4.49. The highest BCUT2D eigenvalue weighted by molar-refractivity contribution is 5.79. The van der Waals surface area contributed by atoms with Gasteiger partial charge in [-0.05, 0) is 50.7 Å². The SMILES string of the molecule is C=C(C)C1=C(N=C(C)N)CC=C1.CCC[C@@H](O)[C@@H]1C[C@@H](C)[C@H](C)O1. The van der Waals surface area contributed by atoms with Crippen molar-refractivity contribution in [3.63, 3.8) is 0 Å². The van der Waals surface area contributed by atoms with Crippen LogP contribution >= 0.6 is 0 Å². The number of allylic oxidation sites excluding steroid dienone is 4. The van der Waals surface area contributed by atoms with Crippen molar-refractivity contribution in [3.05, 3.63) is 35.6 Å². The Balaban J connectivity index is 0.000000240. The molecule has 4 heteroatoms. The summed E-state index contributed by atoms with van der Waals surface area (Å²) in [7, 11) is 0. The number of ether oxygens (including phenoxy) is 1. The Morgan fingerprint density at radius 1 is 1.46 bits per heavy atom. The molecule has 2 rings (SSSR count). The lowest BCUT2D eigenvalue weighted by Gasteiger charge is -2.17. The first-order valence-corrected chi connectivity index (χ1v) is 8.96. The summed E-state index contributed by atoms with van der Waals surface area (Å²) in [6, 6.07) is 0. The van der Waals surface area contributed by atoms with Gasteiger partial charge in [0.25, 0.3) is 0 Å². The van der Waals surface area contributed by atoms with E-state index in [1.807, 2.05) is 13.0 Å². The molecule has 0 saturated carbocycles. The highest BCUT2D eigenvalue weighted by atomic mass is 16.5. The maximum Gasteiger partial charge on any atom is 0.0961 e. The van der Waals surface area contributed by atoms with Crippen LogP contribution in [0.3, 0.4) is 0 Å². The van der Waals surface area contributed by atoms with Crippen LogP contribution in [-0.2, 0) is 4.74 Å². The second kappa shape index (κ2) is 9.80. The number of hydrogen-bond acceptors (Lipinski definition) is 3. The lowest BCUT2D eigenvalue weighted by Crippen LogP contribution is -2.25. The lowest BCUT2D eigenvalue weighted by molar-refractivity contribution is -0.0338. The largest absolute Gasteiger partial charge is 0.390 e. The van der Waals surface area contributed by atoms with E-state index in [0.717, 1.165) is 42.5 Å². The molecular formula is C20H34N2O2. The summed E-state index contributed by atoms with van der Waals surface area (Å²) in [5.41, 5.74) is 8.69. The maximum atomic E-state index is 9.66. The fourth-order valence-corrected chi connectivity index (χ4v) is 2.95. The van der Waals surface area contributed by atoms with Crippen molar-refractivity contribution in [1.82, 2.24) is 0 Å². The zero-order valence-corrected chi connectivity index (χ0v) is 15.9. The summed E-state index contributed by atoms with van der Waals surface area (Å²) in [5.74, 6) is 1.20. The minimum atomic E-state index is -0.248. The van der Waals surface area contributed by atoms with Crippen molar-refractivity contribution in [2.45, 2.75) is 78.6 Å². The van der Waals surface area contributed by atoms with Crippen LogP contribution in [0.2, 0.25) is 0 Å². The standard InChI is InChI=1S/C10H14N2.C10H20O2/c1-7(2)9-5-4-6-10(9)12-8(3)11;1-4-5-9(11)10-6-7(2)8(3)12-10/h4-5H,1,6H2,2-3H3,(H2,11,12);7-11H,4-6H2,1-3H3/t;7-,8+,9-,10+/m.1/s1. The quantitative estimate of drug-likeness (QED) is 0.587. The van der Waals surface area contributed by atoms with Gasteiger partial charge >= 0.3 is 0 Å². The second-order valence-electron chi connectivity index (χ2n) is 6.95. The van der Waals surface area contributed by atoms with Gasteiger partial charge in [-0.25, -0.2) is 4.99 Å². The Kier molecular flexibility index (Phi) is 8.43. The number of amidine groups is 1. The molecule has 1 saturated heterocycles. The Labute approximate surface area is 147 Å². The van der Waals surface area contributed by atoms with Gasteiger partial charge in [0.05, 0.1) is 29.8 Å². The van der Waals surface area contributed by atoms with Gasteiger partial charge in [-0.1, -0.05) is 39.0 Å². The molecule has 1 aliphatic heterocycles. The van der Waals surface area contributed by atoms with Crippen molar-refractivity contribution in [2.75, 3.05) is 0 Å². The molecule has 0 radical (unpaired) electrons. The Bertz CT molecular complexity index is 506. The number of aliphatic imine (C=N–C) groups is 1. The third-order valence-corrected chi connectivity index (χ3v) is 4.49. The van der Waals surface area contributed by atoms with Crippen LogP contribution < -0.4 is 5.73 Å². The van der Waals surface area contributed by atoms with E-state index in [2.05, 4.69) is 38.4 Å². The Hall–Kier alpha value is -1.39. The van der Waals surface area contributed by atoms with E-state index in [1.165, 1.54) is 0 Å². The maximum absolute atomic E-state index is 9.66. The lowest BCUT2D eigenvalue weighted by atomic mass is 9.99. The van der Waals surface area contributed by atoms with E-state index in [0.29, 0.717) is 17.9 Å². The van der Waals surface area contributed by atoms with Crippen molar-refractivity contribution >= 4 is 5.84 Å². The molecule has 136 valence electrons. The van der Waals surface area contributed by atoms with Gasteiger partial charge in [0, 0.05) is 6.42 Å². The van der Waals surface area contributed by atoms with Gasteiger partial charge in [-0.15, -0.1) is 0 Å². The highest BCUT2D eigenvalue weighted by Gasteiger charge is 2.32. The fraction of sp³-hybridized carbons (Fsp3) is 0.650. The van der Waals surface area contributed by atoms with Crippen LogP contribution in [0.4, 0.5) is 0 Å². The van der Waals surface area contributed by atoms with Crippen molar-refractivity contribution in [3.8, 4) is 0 Å². The average Bonchev–Trinajstić information content (AvgIpc) is 3.07. The molecule has 0 aromatic heterocycles. The smallest absolute Gasteiger partial charge is 0.0961 e. The van der Waals surface area contributed by atoms with E-state index in [-0.39, 0.29) is 12.2 Å². The molecule has 0 aromatic rings. The monoisotopic (exact) mass is 334 g/mol. The van der Waals surface area contributed by atoms with Gasteiger partial charge in [0.2, 0.25) is 0 Å². The van der Waals surface area contributed by atoms with Gasteiger partial charge in [0.15, 0.2) is 0 Å². The van der Waals surface area contributed by atoms with Gasteiger partial charge in [0.1, 0.15) is 0 Å². The second-order valence-corrected chi connectivity index (χ2v) is 6.95. The summed E-state index contributed by atoms with van der Waals surface area (Å²) in [5, 5.41) is 9.66. The summed E-state index contributed by atoms with van der Waals surface area (Å²) >= 11 is 0. The number of aliphatic hydroxyl groups is 1. The van der Waals surface area contributed by atoms with E-state index >= 15 is 0 Å². The van der Waals surface area contributed by atoms with Crippen LogP contribution in [0.15, 0.2) is 40.6 Å². The molecular weight excluding hydrogens is 300 g/mol. The summed E-state index contributed by atoms with van der Waals surface area (Å²) in [6.45, 7) is 14.0. The minimum absolute atomic E-state index is 0.0925. The van der Waals surface area contributed by atoms with Gasteiger partial charge in [-0.3, -0.25) is 0 Å². The molecule has 4 atom stereocenters. The van der Waals surface area contributed by atoms with E-state index in [9.17, 15) is 5.11 Å². The molecule has 0 unspecified atom stereocenters. The number of nitrogens with two attached hydrogens (primary N) is 1. The molecule has 1 heterocycles. The molecule has 24 heavy (non-hydrogen) atoms. The molecule has 0 bridgehead atoms. The minimum Gasteiger partial charge on any atom is -0.390 e. The summed E-state index contributed by atoms with van der Waals surface area (Å²) in [6.07, 6.45) is 8.07. The van der Waals surface area contributed by atoms with Crippen molar-refractivity contribution in [1.29, 1.82) is 0 Å². The average molecular weight is 335 g/mol. The normalized spacial score (nSPS) is 27.9. The van der Waals surface area contributed by atoms with E-state index < -0.39 is 0 Å². The zero-order chi connectivity index (χ0) is 18.3. The van der Waals surface area contributed by atoms with Crippen molar-refractivity contribution in [2.24, 2.45) is 16.6 Å². The van der Waals surface area contributed by atoms with Crippen molar-refractivity contribution < 1.29 is 9.84 Å². The molecule has 0 aromatic carbocycles. The zero-order valence-electron chi connectivity index (χ0n) is 15.9. The Morgan fingerprint density at radius 3 is 2.58 bits per heavy atom. The fourth-order valence-electron chi connectivity index (χ4n) is 2.95. The van der Waals surface area contributed by atoms with Crippen LogP contribution in [0.5, 0.6) is 0 Å². The first-order valence-electron chi connectivity index (χ1n) is 8.96. The number of aliphatic hydroxyl groups excluding tert-OH is 1. The number of rotatable bonds is 5. The van der Waals surface area contributed by atoms with Crippen LogP contribution in [0.25, 0.3) is 0 Å². The van der Waals surface area contributed by atoms with Crippen LogP contribution in [0.1, 0.15) is 60.3 Å². The third kappa shape index (κ3) is 6.25. The molecule has 2 aliphatic rings. The first kappa shape index (κ1) is 20.7. The molecule has 0 amide bonds. The number of hydrogen-bond donors (Lipinski definition) is 2. The van der Waals surface area contributed by atoms with E-state index in [1.54, 1.807) is 6.92 Å². The summed E-state index contributed by atoms with van der Waals surface area (Å²) < 4.78 is 5.64. The predicted molar refractivity (Wildman–Crippen MR) is 102 cm³/mol. The molecule has 1 aliphatic carbocycles. The van der Waals surface area contributed by atoms with Gasteiger partial charge < -0.3 is 15.6 Å². The summed E-state index contributed by atoms with van der Waals surface area (Å²) in [4.78, 5) is 4.23. The predicted octanol–water partition coefficient (Wildman–Crippen LogP) is 4.11. The topological polar surface area (TPSA) is 67.8 Å². The van der Waals surface area contributed by atoms with Gasteiger partial charge in [-0.2, -0.15) is 0 Å². The molecule has 3 N–H and O–H groups in total.